The van der Waals surface area contributed by atoms with E-state index in [-0.39, 0.29) is 18.5 Å². The Balaban J connectivity index is 1.92. The van der Waals surface area contributed by atoms with E-state index < -0.39 is 5.79 Å². The number of benzene rings is 1. The molecule has 1 aromatic rings. The summed E-state index contributed by atoms with van der Waals surface area (Å²) in [5.74, 6) is -0.602. The molecule has 17 heavy (non-hydrogen) atoms. The SMILES string of the molecule is CC1(C)OCC(=O)C(CCc2ccccc2)O1. The van der Waals surface area contributed by atoms with E-state index >= 15 is 0 Å². The van der Waals surface area contributed by atoms with Crippen LogP contribution >= 0.6 is 0 Å². The molecule has 1 unspecified atom stereocenters. The van der Waals surface area contributed by atoms with Gasteiger partial charge in [-0.25, -0.2) is 0 Å². The smallest absolute Gasteiger partial charge is 0.187 e. The van der Waals surface area contributed by atoms with Crippen molar-refractivity contribution in [3.63, 3.8) is 0 Å². The van der Waals surface area contributed by atoms with Crippen LogP contribution in [0.5, 0.6) is 0 Å². The molecule has 0 spiro atoms. The van der Waals surface area contributed by atoms with Crippen molar-refractivity contribution in [2.24, 2.45) is 0 Å². The van der Waals surface area contributed by atoms with Gasteiger partial charge in [-0.1, -0.05) is 30.3 Å². The fourth-order valence-corrected chi connectivity index (χ4v) is 1.94. The zero-order chi connectivity index (χ0) is 12.3. The quantitative estimate of drug-likeness (QED) is 0.805. The fraction of sp³-hybridized carbons (Fsp3) is 0.500. The molecule has 1 atom stereocenters. The van der Waals surface area contributed by atoms with E-state index in [0.717, 1.165) is 12.8 Å². The van der Waals surface area contributed by atoms with Crippen molar-refractivity contribution in [3.8, 4) is 0 Å². The third kappa shape index (κ3) is 3.38. The van der Waals surface area contributed by atoms with Gasteiger partial charge in [0.15, 0.2) is 11.6 Å². The second kappa shape index (κ2) is 4.98. The molecule has 1 aliphatic rings. The summed E-state index contributed by atoms with van der Waals surface area (Å²) in [7, 11) is 0. The first-order valence-electron chi connectivity index (χ1n) is 5.95. The van der Waals surface area contributed by atoms with E-state index in [1.165, 1.54) is 5.56 Å². The highest BCUT2D eigenvalue weighted by molar-refractivity contribution is 5.84. The van der Waals surface area contributed by atoms with E-state index in [9.17, 15) is 4.79 Å². The Bertz CT molecular complexity index is 384. The van der Waals surface area contributed by atoms with Gasteiger partial charge in [-0.05, 0) is 32.3 Å². The van der Waals surface area contributed by atoms with Gasteiger partial charge >= 0.3 is 0 Å². The van der Waals surface area contributed by atoms with E-state index in [2.05, 4.69) is 12.1 Å². The summed E-state index contributed by atoms with van der Waals surface area (Å²) in [6.45, 7) is 3.84. The predicted molar refractivity (Wildman–Crippen MR) is 64.7 cm³/mol. The Morgan fingerprint density at radius 3 is 2.71 bits per heavy atom. The molecule has 1 aromatic carbocycles. The minimum atomic E-state index is -0.644. The number of carbonyl (C=O) groups is 1. The number of Topliss-reactive ketones (excluding diaryl/α,β-unsaturated/α-hetero) is 1. The fourth-order valence-electron chi connectivity index (χ4n) is 1.94. The molecular weight excluding hydrogens is 216 g/mol. The van der Waals surface area contributed by atoms with Gasteiger partial charge in [0.2, 0.25) is 0 Å². The Labute approximate surface area is 102 Å². The first kappa shape index (κ1) is 12.3. The van der Waals surface area contributed by atoms with Gasteiger partial charge in [-0.2, -0.15) is 0 Å². The molecule has 0 amide bonds. The molecule has 1 heterocycles. The maximum absolute atomic E-state index is 11.7. The highest BCUT2D eigenvalue weighted by atomic mass is 16.7. The standard InChI is InChI=1S/C14H18O3/c1-14(2)16-10-12(15)13(17-14)9-8-11-6-4-3-5-7-11/h3-7,13H,8-10H2,1-2H3. The molecule has 1 saturated heterocycles. The van der Waals surface area contributed by atoms with Crippen molar-refractivity contribution < 1.29 is 14.3 Å². The summed E-state index contributed by atoms with van der Waals surface area (Å²) >= 11 is 0. The third-order valence-electron chi connectivity index (χ3n) is 2.89. The number of aryl methyl sites for hydroxylation is 1. The van der Waals surface area contributed by atoms with Gasteiger partial charge in [-0.3, -0.25) is 4.79 Å². The van der Waals surface area contributed by atoms with Gasteiger partial charge in [-0.15, -0.1) is 0 Å². The van der Waals surface area contributed by atoms with Crippen LogP contribution in [-0.4, -0.2) is 24.3 Å². The average molecular weight is 234 g/mol. The lowest BCUT2D eigenvalue weighted by molar-refractivity contribution is -0.258. The monoisotopic (exact) mass is 234 g/mol. The molecule has 3 nitrogen and oxygen atoms in total. The van der Waals surface area contributed by atoms with Crippen LogP contribution in [0.25, 0.3) is 0 Å². The van der Waals surface area contributed by atoms with Crippen molar-refractivity contribution >= 4 is 5.78 Å². The predicted octanol–water partition coefficient (Wildman–Crippen LogP) is 2.34. The molecule has 0 bridgehead atoms. The molecule has 0 radical (unpaired) electrons. The molecule has 1 aliphatic heterocycles. The molecule has 2 rings (SSSR count). The third-order valence-corrected chi connectivity index (χ3v) is 2.89. The van der Waals surface area contributed by atoms with Crippen molar-refractivity contribution in [1.29, 1.82) is 0 Å². The van der Waals surface area contributed by atoms with Crippen molar-refractivity contribution in [2.45, 2.75) is 38.6 Å². The second-order valence-electron chi connectivity index (χ2n) is 4.79. The van der Waals surface area contributed by atoms with Crippen LogP contribution in [0.4, 0.5) is 0 Å². The molecule has 0 aliphatic carbocycles. The molecule has 3 heteroatoms. The first-order valence-corrected chi connectivity index (χ1v) is 5.95. The number of ketones is 1. The van der Waals surface area contributed by atoms with E-state index in [4.69, 9.17) is 9.47 Å². The molecular formula is C14H18O3. The summed E-state index contributed by atoms with van der Waals surface area (Å²) in [6, 6.07) is 10.1. The Hall–Kier alpha value is -1.19. The summed E-state index contributed by atoms with van der Waals surface area (Å²) in [4.78, 5) is 11.7. The van der Waals surface area contributed by atoms with Gasteiger partial charge in [0.05, 0.1) is 0 Å². The number of hydrogen-bond acceptors (Lipinski definition) is 3. The molecule has 92 valence electrons. The summed E-state index contributed by atoms with van der Waals surface area (Å²) in [6.07, 6.45) is 1.24. The number of carbonyl (C=O) groups excluding carboxylic acids is 1. The van der Waals surface area contributed by atoms with Crippen LogP contribution in [0, 0.1) is 0 Å². The Kier molecular flexibility index (Phi) is 3.60. The van der Waals surface area contributed by atoms with Crippen LogP contribution in [0.2, 0.25) is 0 Å². The number of ether oxygens (including phenoxy) is 2. The maximum Gasteiger partial charge on any atom is 0.187 e. The van der Waals surface area contributed by atoms with Gasteiger partial charge in [0.1, 0.15) is 12.7 Å². The zero-order valence-electron chi connectivity index (χ0n) is 10.3. The molecule has 1 fully saturated rings. The van der Waals surface area contributed by atoms with Gasteiger partial charge in [0, 0.05) is 0 Å². The first-order chi connectivity index (χ1) is 8.07. The topological polar surface area (TPSA) is 35.5 Å². The number of hydrogen-bond donors (Lipinski definition) is 0. The summed E-state index contributed by atoms with van der Waals surface area (Å²) in [5.41, 5.74) is 1.23. The molecule has 0 aromatic heterocycles. The highest BCUT2D eigenvalue weighted by Crippen LogP contribution is 2.22. The Morgan fingerprint density at radius 1 is 1.29 bits per heavy atom. The van der Waals surface area contributed by atoms with Crippen molar-refractivity contribution in [2.75, 3.05) is 6.61 Å². The normalized spacial score (nSPS) is 23.6. The van der Waals surface area contributed by atoms with Crippen molar-refractivity contribution in [1.82, 2.24) is 0 Å². The van der Waals surface area contributed by atoms with Crippen LogP contribution in [-0.2, 0) is 20.7 Å². The summed E-state index contributed by atoms with van der Waals surface area (Å²) < 4.78 is 10.9. The highest BCUT2D eigenvalue weighted by Gasteiger charge is 2.34. The zero-order valence-corrected chi connectivity index (χ0v) is 10.3. The van der Waals surface area contributed by atoms with Gasteiger partial charge < -0.3 is 9.47 Å². The minimum absolute atomic E-state index is 0.0419. The van der Waals surface area contributed by atoms with Crippen LogP contribution in [0.3, 0.4) is 0 Å². The van der Waals surface area contributed by atoms with Gasteiger partial charge in [0.25, 0.3) is 0 Å². The van der Waals surface area contributed by atoms with Crippen molar-refractivity contribution in [3.05, 3.63) is 35.9 Å². The maximum atomic E-state index is 11.7. The van der Waals surface area contributed by atoms with Crippen LogP contribution in [0.1, 0.15) is 25.8 Å². The second-order valence-corrected chi connectivity index (χ2v) is 4.79. The average Bonchev–Trinajstić information content (AvgIpc) is 2.32. The lowest BCUT2D eigenvalue weighted by Gasteiger charge is -2.35. The van der Waals surface area contributed by atoms with E-state index in [1.807, 2.05) is 32.0 Å². The van der Waals surface area contributed by atoms with Crippen LogP contribution < -0.4 is 0 Å². The minimum Gasteiger partial charge on any atom is -0.343 e. The Morgan fingerprint density at radius 2 is 2.00 bits per heavy atom. The van der Waals surface area contributed by atoms with Crippen LogP contribution in [0.15, 0.2) is 30.3 Å². The number of rotatable bonds is 3. The largest absolute Gasteiger partial charge is 0.343 e. The van der Waals surface area contributed by atoms with E-state index in [1.54, 1.807) is 0 Å². The summed E-state index contributed by atoms with van der Waals surface area (Å²) in [5, 5.41) is 0. The molecule has 0 N–H and O–H groups in total. The lowest BCUT2D eigenvalue weighted by Crippen LogP contribution is -2.46. The lowest BCUT2D eigenvalue weighted by atomic mass is 10.0. The molecule has 0 saturated carbocycles. The van der Waals surface area contributed by atoms with E-state index in [0.29, 0.717) is 0 Å².